The molecule has 3 aromatic rings. The number of aromatic nitrogens is 2. The Morgan fingerprint density at radius 1 is 1.13 bits per heavy atom. The Morgan fingerprint density at radius 2 is 1.84 bits per heavy atom. The minimum Gasteiger partial charge on any atom is -0.352 e. The molecule has 0 saturated heterocycles. The van der Waals surface area contributed by atoms with Crippen LogP contribution in [0.4, 0.5) is 0 Å². The van der Waals surface area contributed by atoms with Gasteiger partial charge in [-0.15, -0.1) is 6.58 Å². The first-order valence-corrected chi connectivity index (χ1v) is 11.5. The maximum atomic E-state index is 12.3. The van der Waals surface area contributed by atoms with Crippen LogP contribution < -0.4 is 10.0 Å². The highest BCUT2D eigenvalue weighted by Crippen LogP contribution is 2.14. The summed E-state index contributed by atoms with van der Waals surface area (Å²) in [6.07, 6.45) is 5.05. The number of carbonyl (C=O) groups excluding carboxylic acids is 1. The van der Waals surface area contributed by atoms with Crippen molar-refractivity contribution in [1.29, 1.82) is 0 Å². The number of benzene rings is 2. The van der Waals surface area contributed by atoms with Gasteiger partial charge in [0.25, 0.3) is 5.91 Å². The van der Waals surface area contributed by atoms with E-state index in [1.807, 2.05) is 48.1 Å². The fourth-order valence-electron chi connectivity index (χ4n) is 3.07. The summed E-state index contributed by atoms with van der Waals surface area (Å²) in [6, 6.07) is 15.8. The molecule has 2 aromatic carbocycles. The normalized spacial score (nSPS) is 11.3. The van der Waals surface area contributed by atoms with Crippen LogP contribution in [0.25, 0.3) is 5.69 Å². The molecule has 0 aliphatic heterocycles. The molecule has 8 heteroatoms. The van der Waals surface area contributed by atoms with Crippen LogP contribution in [0.2, 0.25) is 0 Å². The van der Waals surface area contributed by atoms with Gasteiger partial charge in [0.1, 0.15) is 0 Å². The molecule has 0 fully saturated rings. The number of nitrogens with zero attached hydrogens (tertiary/aromatic N) is 2. The summed E-state index contributed by atoms with van der Waals surface area (Å²) in [4.78, 5) is 12.4. The average Bonchev–Trinajstić information content (AvgIpc) is 3.16. The molecule has 0 aliphatic carbocycles. The summed E-state index contributed by atoms with van der Waals surface area (Å²) in [5.74, 6) is -0.236. The summed E-state index contributed by atoms with van der Waals surface area (Å²) in [6.45, 7) is 6.12. The number of para-hydroxylation sites is 1. The van der Waals surface area contributed by atoms with Gasteiger partial charge in [0.2, 0.25) is 10.0 Å². The van der Waals surface area contributed by atoms with E-state index in [4.69, 9.17) is 0 Å². The fraction of sp³-hybridized carbons (Fsp3) is 0.217. The van der Waals surface area contributed by atoms with E-state index in [-0.39, 0.29) is 17.3 Å². The van der Waals surface area contributed by atoms with E-state index >= 15 is 0 Å². The summed E-state index contributed by atoms with van der Waals surface area (Å²) in [5, 5.41) is 7.43. The molecule has 0 radical (unpaired) electrons. The van der Waals surface area contributed by atoms with Crippen molar-refractivity contribution >= 4 is 15.9 Å². The Bertz CT molecular complexity index is 1140. The lowest BCUT2D eigenvalue weighted by molar-refractivity contribution is 0.0953. The molecule has 0 saturated carbocycles. The number of sulfonamides is 1. The first-order chi connectivity index (χ1) is 14.9. The Labute approximate surface area is 182 Å². The van der Waals surface area contributed by atoms with Crippen LogP contribution in [0, 0.1) is 6.92 Å². The van der Waals surface area contributed by atoms with Gasteiger partial charge in [0, 0.05) is 24.8 Å². The first-order valence-electron chi connectivity index (χ1n) is 10.00. The maximum absolute atomic E-state index is 12.3. The number of amides is 1. The largest absolute Gasteiger partial charge is 0.352 e. The molecule has 7 nitrogen and oxygen atoms in total. The monoisotopic (exact) mass is 438 g/mol. The summed E-state index contributed by atoms with van der Waals surface area (Å²) >= 11 is 0. The number of hydrogen-bond donors (Lipinski definition) is 2. The van der Waals surface area contributed by atoms with Crippen LogP contribution in [0.15, 0.2) is 78.3 Å². The average molecular weight is 439 g/mol. The minimum atomic E-state index is -3.60. The van der Waals surface area contributed by atoms with Gasteiger partial charge in [0.05, 0.1) is 16.3 Å². The zero-order valence-corrected chi connectivity index (χ0v) is 18.2. The zero-order valence-electron chi connectivity index (χ0n) is 17.4. The summed E-state index contributed by atoms with van der Waals surface area (Å²) in [7, 11) is -3.60. The minimum absolute atomic E-state index is 0.108. The molecule has 0 unspecified atom stereocenters. The Balaban J connectivity index is 1.51. The van der Waals surface area contributed by atoms with Crippen LogP contribution in [-0.4, -0.2) is 37.2 Å². The molecule has 0 atom stereocenters. The number of hydrogen-bond acceptors (Lipinski definition) is 4. The number of rotatable bonds is 10. The lowest BCUT2D eigenvalue weighted by Crippen LogP contribution is -2.25. The van der Waals surface area contributed by atoms with E-state index in [1.165, 1.54) is 30.3 Å². The van der Waals surface area contributed by atoms with Crippen molar-refractivity contribution in [2.75, 3.05) is 13.1 Å². The number of carbonyl (C=O) groups is 1. The highest BCUT2D eigenvalue weighted by atomic mass is 32.2. The summed E-state index contributed by atoms with van der Waals surface area (Å²) < 4.78 is 28.4. The van der Waals surface area contributed by atoms with Crippen molar-refractivity contribution in [2.45, 2.75) is 24.7 Å². The van der Waals surface area contributed by atoms with Crippen molar-refractivity contribution in [3.63, 3.8) is 0 Å². The second-order valence-electron chi connectivity index (χ2n) is 7.04. The molecule has 1 heterocycles. The van der Waals surface area contributed by atoms with Crippen molar-refractivity contribution in [3.05, 3.63) is 90.3 Å². The SMILES string of the molecule is C=CCNS(=O)(=O)c1ccc(C(=O)NCCCc2cn(-c3ccccc3)nc2C)cc1. The third kappa shape index (κ3) is 5.90. The van der Waals surface area contributed by atoms with Crippen LogP contribution in [0.5, 0.6) is 0 Å². The zero-order chi connectivity index (χ0) is 22.3. The van der Waals surface area contributed by atoms with Crippen molar-refractivity contribution < 1.29 is 13.2 Å². The first kappa shape index (κ1) is 22.5. The predicted octanol–water partition coefficient (Wildman–Crippen LogP) is 3.01. The van der Waals surface area contributed by atoms with Gasteiger partial charge in [0.15, 0.2) is 0 Å². The topological polar surface area (TPSA) is 93.1 Å². The maximum Gasteiger partial charge on any atom is 0.251 e. The lowest BCUT2D eigenvalue weighted by atomic mass is 10.1. The molecule has 0 aliphatic rings. The number of aryl methyl sites for hydroxylation is 2. The molecular weight excluding hydrogens is 412 g/mol. The molecular formula is C23H26N4O3S. The van der Waals surface area contributed by atoms with Gasteiger partial charge in [-0.05, 0) is 61.7 Å². The molecule has 1 aromatic heterocycles. The predicted molar refractivity (Wildman–Crippen MR) is 121 cm³/mol. The van der Waals surface area contributed by atoms with Crippen molar-refractivity contribution in [1.82, 2.24) is 19.8 Å². The molecule has 0 bridgehead atoms. The molecule has 0 spiro atoms. The molecule has 31 heavy (non-hydrogen) atoms. The second kappa shape index (κ2) is 10.2. The third-order valence-electron chi connectivity index (χ3n) is 4.77. The van der Waals surface area contributed by atoms with E-state index < -0.39 is 10.0 Å². The van der Waals surface area contributed by atoms with Gasteiger partial charge < -0.3 is 5.32 Å². The van der Waals surface area contributed by atoms with Gasteiger partial charge in [-0.3, -0.25) is 4.79 Å². The third-order valence-corrected chi connectivity index (χ3v) is 6.21. The number of nitrogens with one attached hydrogen (secondary N) is 2. The van der Waals surface area contributed by atoms with Crippen LogP contribution >= 0.6 is 0 Å². The molecule has 1 amide bonds. The highest BCUT2D eigenvalue weighted by molar-refractivity contribution is 7.89. The summed E-state index contributed by atoms with van der Waals surface area (Å²) in [5.41, 5.74) is 3.53. The standard InChI is InChI=1S/C23H26N4O3S/c1-3-15-25-31(29,30)22-13-11-19(12-14-22)23(28)24-16-7-8-20-17-27(26-18(20)2)21-9-5-4-6-10-21/h3-6,9-14,17,25H,1,7-8,15-16H2,2H3,(H,24,28). The van der Waals surface area contributed by atoms with Crippen LogP contribution in [-0.2, 0) is 16.4 Å². The lowest BCUT2D eigenvalue weighted by Gasteiger charge is -2.07. The van der Waals surface area contributed by atoms with Crippen molar-refractivity contribution in [2.24, 2.45) is 0 Å². The van der Waals surface area contributed by atoms with Crippen LogP contribution in [0.3, 0.4) is 0 Å². The van der Waals surface area contributed by atoms with Gasteiger partial charge in [-0.2, -0.15) is 5.10 Å². The highest BCUT2D eigenvalue weighted by Gasteiger charge is 2.14. The van der Waals surface area contributed by atoms with Crippen molar-refractivity contribution in [3.8, 4) is 5.69 Å². The second-order valence-corrected chi connectivity index (χ2v) is 8.81. The van der Waals surface area contributed by atoms with Gasteiger partial charge >= 0.3 is 0 Å². The fourth-order valence-corrected chi connectivity index (χ4v) is 4.07. The Hall–Kier alpha value is -3.23. The Kier molecular flexibility index (Phi) is 7.38. The quantitative estimate of drug-likeness (QED) is 0.376. The van der Waals surface area contributed by atoms with Gasteiger partial charge in [-0.1, -0.05) is 24.3 Å². The van der Waals surface area contributed by atoms with Gasteiger partial charge in [-0.25, -0.2) is 17.8 Å². The molecule has 2 N–H and O–H groups in total. The van der Waals surface area contributed by atoms with E-state index in [9.17, 15) is 13.2 Å². The molecule has 162 valence electrons. The van der Waals surface area contributed by atoms with E-state index in [0.717, 1.165) is 29.8 Å². The van der Waals surface area contributed by atoms with E-state index in [0.29, 0.717) is 12.1 Å². The smallest absolute Gasteiger partial charge is 0.251 e. The van der Waals surface area contributed by atoms with Crippen LogP contribution in [0.1, 0.15) is 28.0 Å². The van der Waals surface area contributed by atoms with E-state index in [2.05, 4.69) is 21.7 Å². The van der Waals surface area contributed by atoms with E-state index in [1.54, 1.807) is 0 Å². The molecule has 3 rings (SSSR count). The Morgan fingerprint density at radius 3 is 2.52 bits per heavy atom.